The van der Waals surface area contributed by atoms with Crippen molar-refractivity contribution in [1.82, 2.24) is 29.3 Å². The number of hydrogen-bond acceptors (Lipinski definition) is 9. The molecule has 1 aromatic carbocycles. The number of nitrogens with one attached hydrogen (secondary N) is 1. The fourth-order valence-electron chi connectivity index (χ4n) is 7.18. The van der Waals surface area contributed by atoms with Crippen molar-refractivity contribution in [3.05, 3.63) is 70.8 Å². The highest BCUT2D eigenvalue weighted by molar-refractivity contribution is 8.00. The molecule has 3 fully saturated rings. The van der Waals surface area contributed by atoms with Crippen LogP contribution in [-0.2, 0) is 20.7 Å². The molecule has 3 aliphatic rings. The van der Waals surface area contributed by atoms with Gasteiger partial charge >= 0.3 is 0 Å². The molecular formula is C36H45N7O3S. The van der Waals surface area contributed by atoms with Crippen molar-refractivity contribution in [3.8, 4) is 11.3 Å². The van der Waals surface area contributed by atoms with Crippen LogP contribution in [0.5, 0.6) is 0 Å². The SMILES string of the molecule is C=S(=O)(c1ccc(-c2cc3cnc(Nc4ccc(CC5CCN(C)CC5)cc4)nc3n(C3CCOC3)c2=O)nc1)C1CCN(C)CC1. The van der Waals surface area contributed by atoms with Gasteiger partial charge in [0.2, 0.25) is 5.95 Å². The van der Waals surface area contributed by atoms with E-state index in [2.05, 4.69) is 69.3 Å². The molecule has 0 amide bonds. The fraction of sp³-hybridized carbons (Fsp3) is 0.472. The normalized spacial score (nSPS) is 21.6. The lowest BCUT2D eigenvalue weighted by Gasteiger charge is -2.31. The molecular weight excluding hydrogens is 611 g/mol. The van der Waals surface area contributed by atoms with E-state index in [9.17, 15) is 9.00 Å². The van der Waals surface area contributed by atoms with Crippen LogP contribution >= 0.6 is 0 Å². The van der Waals surface area contributed by atoms with Crippen molar-refractivity contribution >= 4 is 38.1 Å². The van der Waals surface area contributed by atoms with Crippen LogP contribution in [0, 0.1) is 5.92 Å². The van der Waals surface area contributed by atoms with Gasteiger partial charge < -0.3 is 19.9 Å². The van der Waals surface area contributed by atoms with Crippen LogP contribution in [0.3, 0.4) is 0 Å². The summed E-state index contributed by atoms with van der Waals surface area (Å²) in [5.41, 5.74) is 3.60. The summed E-state index contributed by atoms with van der Waals surface area (Å²) in [6.45, 7) is 5.19. The first-order valence-electron chi connectivity index (χ1n) is 16.8. The van der Waals surface area contributed by atoms with Crippen LogP contribution in [0.25, 0.3) is 22.3 Å². The van der Waals surface area contributed by atoms with Gasteiger partial charge in [-0.3, -0.25) is 18.6 Å². The third kappa shape index (κ3) is 6.85. The van der Waals surface area contributed by atoms with Gasteiger partial charge in [-0.25, -0.2) is 4.98 Å². The summed E-state index contributed by atoms with van der Waals surface area (Å²) in [5, 5.41) is 4.10. The van der Waals surface area contributed by atoms with Crippen molar-refractivity contribution in [3.63, 3.8) is 0 Å². The van der Waals surface area contributed by atoms with E-state index in [1.54, 1.807) is 23.0 Å². The highest BCUT2D eigenvalue weighted by atomic mass is 32.2. The number of anilines is 2. The molecule has 0 radical (unpaired) electrons. The molecule has 2 atom stereocenters. The van der Waals surface area contributed by atoms with Gasteiger partial charge in [-0.05, 0) is 126 Å². The minimum atomic E-state index is -2.51. The minimum Gasteiger partial charge on any atom is -0.379 e. The van der Waals surface area contributed by atoms with E-state index in [4.69, 9.17) is 9.72 Å². The molecule has 4 aromatic rings. The van der Waals surface area contributed by atoms with E-state index in [0.717, 1.165) is 55.8 Å². The number of aromatic nitrogens is 4. The second-order valence-corrected chi connectivity index (χ2v) is 16.2. The number of rotatable bonds is 8. The maximum absolute atomic E-state index is 14.1. The van der Waals surface area contributed by atoms with Gasteiger partial charge in [0.1, 0.15) is 5.65 Å². The summed E-state index contributed by atoms with van der Waals surface area (Å²) in [6.07, 6.45) is 9.40. The van der Waals surface area contributed by atoms with E-state index in [0.29, 0.717) is 41.0 Å². The first-order valence-corrected chi connectivity index (χ1v) is 18.6. The Morgan fingerprint density at radius 1 is 0.936 bits per heavy atom. The second kappa shape index (κ2) is 13.5. The molecule has 47 heavy (non-hydrogen) atoms. The van der Waals surface area contributed by atoms with Gasteiger partial charge in [0.15, 0.2) is 0 Å². The molecule has 3 aromatic heterocycles. The third-order valence-corrected chi connectivity index (χ3v) is 12.8. The van der Waals surface area contributed by atoms with Crippen LogP contribution in [0.1, 0.15) is 43.7 Å². The molecule has 6 heterocycles. The summed E-state index contributed by atoms with van der Waals surface area (Å²) >= 11 is 0. The lowest BCUT2D eigenvalue weighted by Crippen LogP contribution is -2.37. The van der Waals surface area contributed by atoms with E-state index in [1.807, 2.05) is 12.1 Å². The minimum absolute atomic E-state index is 0.0218. The van der Waals surface area contributed by atoms with Gasteiger partial charge in [0, 0.05) is 49.7 Å². The van der Waals surface area contributed by atoms with Crippen molar-refractivity contribution in [2.75, 3.05) is 58.8 Å². The first-order chi connectivity index (χ1) is 22.7. The van der Waals surface area contributed by atoms with Crippen molar-refractivity contribution in [1.29, 1.82) is 0 Å². The Balaban J connectivity index is 1.15. The molecule has 0 aliphatic carbocycles. The highest BCUT2D eigenvalue weighted by Gasteiger charge is 2.27. The molecule has 3 aliphatic heterocycles. The van der Waals surface area contributed by atoms with Crippen LogP contribution in [-0.4, -0.2) is 98.1 Å². The molecule has 7 rings (SSSR count). The summed E-state index contributed by atoms with van der Waals surface area (Å²) in [6, 6.07) is 13.8. The van der Waals surface area contributed by atoms with E-state index >= 15 is 0 Å². The van der Waals surface area contributed by atoms with Crippen LogP contribution in [0.4, 0.5) is 11.6 Å². The molecule has 11 heteroatoms. The number of ether oxygens (including phenoxy) is 1. The predicted octanol–water partition coefficient (Wildman–Crippen LogP) is 4.61. The Bertz CT molecular complexity index is 1870. The zero-order chi connectivity index (χ0) is 32.5. The monoisotopic (exact) mass is 655 g/mol. The molecule has 3 saturated heterocycles. The summed E-state index contributed by atoms with van der Waals surface area (Å²) in [5.74, 6) is 5.32. The lowest BCUT2D eigenvalue weighted by molar-refractivity contribution is 0.186. The number of piperidine rings is 2. The van der Waals surface area contributed by atoms with Crippen LogP contribution in [0.2, 0.25) is 0 Å². The summed E-state index contributed by atoms with van der Waals surface area (Å²) in [4.78, 5) is 33.5. The van der Waals surface area contributed by atoms with Crippen molar-refractivity contribution in [2.24, 2.45) is 5.92 Å². The molecule has 0 saturated carbocycles. The van der Waals surface area contributed by atoms with Gasteiger partial charge in [-0.15, -0.1) is 0 Å². The lowest BCUT2D eigenvalue weighted by atomic mass is 9.90. The molecule has 1 N–H and O–H groups in total. The summed E-state index contributed by atoms with van der Waals surface area (Å²) in [7, 11) is 1.77. The molecule has 2 unspecified atom stereocenters. The Morgan fingerprint density at radius 3 is 2.32 bits per heavy atom. The molecule has 0 bridgehead atoms. The van der Waals surface area contributed by atoms with Crippen molar-refractivity contribution < 1.29 is 8.95 Å². The smallest absolute Gasteiger partial charge is 0.262 e. The standard InChI is InChI=1S/C36H45N7O3S/c1-41-15-10-26(11-16-41)20-25-4-6-28(7-5-25)39-36-38-22-27-21-32(35(44)43(34(27)40-36)29-14-19-46-24-29)33-9-8-31(23-37-33)47(3,45)30-12-17-42(2)18-13-30/h4-9,21-23,26,29-30H,3,10-20,24H2,1-2H3,(H,38,39,40). The predicted molar refractivity (Wildman–Crippen MR) is 189 cm³/mol. The average molecular weight is 656 g/mol. The molecule has 248 valence electrons. The number of hydrogen-bond donors (Lipinski definition) is 1. The maximum atomic E-state index is 14.1. The number of pyridine rings is 2. The molecule has 0 spiro atoms. The topological polar surface area (TPSA) is 105 Å². The second-order valence-electron chi connectivity index (χ2n) is 13.6. The van der Waals surface area contributed by atoms with Crippen LogP contribution in [0.15, 0.2) is 64.5 Å². The molecule has 10 nitrogen and oxygen atoms in total. The van der Waals surface area contributed by atoms with Gasteiger partial charge in [-0.1, -0.05) is 12.1 Å². The quantitative estimate of drug-likeness (QED) is 0.273. The van der Waals surface area contributed by atoms with Gasteiger partial charge in [0.05, 0.1) is 23.9 Å². The maximum Gasteiger partial charge on any atom is 0.262 e. The first kappa shape index (κ1) is 31.9. The Labute approximate surface area is 277 Å². The largest absolute Gasteiger partial charge is 0.379 e. The third-order valence-electron chi connectivity index (χ3n) is 10.2. The Kier molecular flexibility index (Phi) is 9.15. The van der Waals surface area contributed by atoms with E-state index < -0.39 is 9.52 Å². The number of fused-ring (bicyclic) bond motifs is 1. The van der Waals surface area contributed by atoms with Gasteiger partial charge in [-0.2, -0.15) is 4.98 Å². The van der Waals surface area contributed by atoms with Gasteiger partial charge in [0.25, 0.3) is 5.56 Å². The number of nitrogens with zero attached hydrogens (tertiary/aromatic N) is 6. The summed E-state index contributed by atoms with van der Waals surface area (Å²) < 4.78 is 21.2. The Morgan fingerprint density at radius 2 is 1.66 bits per heavy atom. The number of likely N-dealkylation sites (tertiary alicyclic amines) is 2. The van der Waals surface area contributed by atoms with E-state index in [-0.39, 0.29) is 16.9 Å². The Hall–Kier alpha value is -3.64. The van der Waals surface area contributed by atoms with Crippen molar-refractivity contribution in [2.45, 2.75) is 54.7 Å². The zero-order valence-corrected chi connectivity index (χ0v) is 28.3. The fourth-order valence-corrected chi connectivity index (χ4v) is 9.07. The van der Waals surface area contributed by atoms with E-state index in [1.165, 1.54) is 31.5 Å². The zero-order valence-electron chi connectivity index (χ0n) is 27.4. The van der Waals surface area contributed by atoms with Crippen LogP contribution < -0.4 is 10.9 Å². The highest BCUT2D eigenvalue weighted by Crippen LogP contribution is 2.29. The average Bonchev–Trinajstić information content (AvgIpc) is 3.61. The number of benzene rings is 1.